The number of hydrogen-bond donors (Lipinski definition) is 3. The zero-order valence-electron chi connectivity index (χ0n) is 6.63. The fraction of sp³-hybridized carbons (Fsp3) is 0.667. The molecule has 0 saturated carbocycles. The molecule has 0 atom stereocenters. The van der Waals surface area contributed by atoms with Crippen molar-refractivity contribution in [1.29, 1.82) is 0 Å². The van der Waals surface area contributed by atoms with Gasteiger partial charge in [-0.3, -0.25) is 5.01 Å². The van der Waals surface area contributed by atoms with Crippen LogP contribution in [-0.4, -0.2) is 35.5 Å². The summed E-state index contributed by atoms with van der Waals surface area (Å²) in [6.07, 6.45) is 0. The first-order valence-corrected chi connectivity index (χ1v) is 5.08. The normalized spacial score (nSPS) is 28.0. The van der Waals surface area contributed by atoms with Crippen LogP contribution in [0.3, 0.4) is 0 Å². The minimum Gasteiger partial charge on any atom is -0.309 e. The first-order valence-electron chi connectivity index (χ1n) is 4.09. The van der Waals surface area contributed by atoms with E-state index in [2.05, 4.69) is 20.7 Å². The SMILES string of the molecule is C1CN2NN3NSCC3=C2CN1. The molecule has 0 radical (unpaired) electrons. The molecule has 0 aliphatic carbocycles. The third-order valence-electron chi connectivity index (χ3n) is 2.32. The van der Waals surface area contributed by atoms with Crippen molar-refractivity contribution in [3.63, 3.8) is 0 Å². The maximum absolute atomic E-state index is 3.37. The average molecular weight is 185 g/mol. The summed E-state index contributed by atoms with van der Waals surface area (Å²) in [6, 6.07) is 0. The fourth-order valence-corrected chi connectivity index (χ4v) is 2.47. The Morgan fingerprint density at radius 2 is 2.33 bits per heavy atom. The van der Waals surface area contributed by atoms with E-state index in [0.29, 0.717) is 0 Å². The van der Waals surface area contributed by atoms with Crippen molar-refractivity contribution in [2.75, 3.05) is 25.4 Å². The van der Waals surface area contributed by atoms with E-state index in [1.54, 1.807) is 11.9 Å². The van der Waals surface area contributed by atoms with Crippen LogP contribution in [0, 0.1) is 0 Å². The predicted octanol–water partition coefficient (Wildman–Crippen LogP) is -0.995. The van der Waals surface area contributed by atoms with Gasteiger partial charge in [0.15, 0.2) is 0 Å². The molecular formula is C6H11N5S. The number of piperazine rings is 1. The van der Waals surface area contributed by atoms with E-state index < -0.39 is 0 Å². The van der Waals surface area contributed by atoms with E-state index in [9.17, 15) is 0 Å². The van der Waals surface area contributed by atoms with Crippen LogP contribution in [0.4, 0.5) is 0 Å². The molecule has 0 aromatic heterocycles. The average Bonchev–Trinajstić information content (AvgIpc) is 2.62. The lowest BCUT2D eigenvalue weighted by Gasteiger charge is -2.27. The van der Waals surface area contributed by atoms with Crippen LogP contribution in [0.2, 0.25) is 0 Å². The first kappa shape index (κ1) is 7.02. The summed E-state index contributed by atoms with van der Waals surface area (Å²) in [7, 11) is 0. The van der Waals surface area contributed by atoms with E-state index in [-0.39, 0.29) is 0 Å². The zero-order valence-corrected chi connectivity index (χ0v) is 7.45. The summed E-state index contributed by atoms with van der Waals surface area (Å²) in [4.78, 5) is 3.19. The summed E-state index contributed by atoms with van der Waals surface area (Å²) < 4.78 is 0. The predicted molar refractivity (Wildman–Crippen MR) is 47.2 cm³/mol. The van der Waals surface area contributed by atoms with Crippen LogP contribution >= 0.6 is 11.9 Å². The first-order chi connectivity index (χ1) is 5.95. The Bertz CT molecular complexity index is 240. The van der Waals surface area contributed by atoms with E-state index in [1.807, 2.05) is 5.12 Å². The molecular weight excluding hydrogens is 174 g/mol. The molecule has 0 aromatic carbocycles. The van der Waals surface area contributed by atoms with Gasteiger partial charge in [0.25, 0.3) is 0 Å². The van der Waals surface area contributed by atoms with Gasteiger partial charge < -0.3 is 5.32 Å². The minimum absolute atomic E-state index is 0.987. The van der Waals surface area contributed by atoms with Crippen molar-refractivity contribution in [2.24, 2.45) is 0 Å². The van der Waals surface area contributed by atoms with E-state index in [4.69, 9.17) is 0 Å². The lowest BCUT2D eigenvalue weighted by molar-refractivity contribution is 0.104. The molecule has 3 heterocycles. The van der Waals surface area contributed by atoms with Crippen molar-refractivity contribution in [3.8, 4) is 0 Å². The van der Waals surface area contributed by atoms with Crippen molar-refractivity contribution < 1.29 is 0 Å². The Morgan fingerprint density at radius 1 is 1.33 bits per heavy atom. The summed E-state index contributed by atoms with van der Waals surface area (Å²) in [5, 5.41) is 7.58. The highest BCUT2D eigenvalue weighted by atomic mass is 32.2. The van der Waals surface area contributed by atoms with Gasteiger partial charge in [-0.2, -0.15) is 4.83 Å². The maximum atomic E-state index is 3.37. The maximum Gasteiger partial charge on any atom is 0.0836 e. The van der Waals surface area contributed by atoms with E-state index in [0.717, 1.165) is 25.4 Å². The molecule has 2 saturated heterocycles. The number of rotatable bonds is 0. The minimum atomic E-state index is 0.987. The van der Waals surface area contributed by atoms with Crippen LogP contribution in [-0.2, 0) is 0 Å². The number of hydrazine groups is 3. The number of hydrogen-bond acceptors (Lipinski definition) is 6. The Hall–Kier alpha value is -0.430. The molecule has 0 spiro atoms. The topological polar surface area (TPSA) is 42.6 Å². The summed E-state index contributed by atoms with van der Waals surface area (Å²) in [5.74, 6) is 1.06. The Kier molecular flexibility index (Phi) is 1.48. The second kappa shape index (κ2) is 2.53. The second-order valence-corrected chi connectivity index (χ2v) is 3.80. The Morgan fingerprint density at radius 3 is 3.33 bits per heavy atom. The molecule has 0 aromatic rings. The third kappa shape index (κ3) is 0.861. The van der Waals surface area contributed by atoms with Gasteiger partial charge in [0, 0.05) is 19.6 Å². The van der Waals surface area contributed by atoms with Gasteiger partial charge in [-0.1, -0.05) is 11.9 Å². The van der Waals surface area contributed by atoms with Gasteiger partial charge in [-0.15, -0.1) is 5.53 Å². The Labute approximate surface area is 75.2 Å². The van der Waals surface area contributed by atoms with Crippen LogP contribution in [0.25, 0.3) is 0 Å². The van der Waals surface area contributed by atoms with Crippen LogP contribution in [0.15, 0.2) is 11.4 Å². The molecule has 0 amide bonds. The zero-order chi connectivity index (χ0) is 7.97. The quantitative estimate of drug-likeness (QED) is 0.421. The van der Waals surface area contributed by atoms with Crippen molar-refractivity contribution in [3.05, 3.63) is 11.4 Å². The fourth-order valence-electron chi connectivity index (χ4n) is 1.69. The number of nitrogens with one attached hydrogen (secondary N) is 3. The van der Waals surface area contributed by atoms with Gasteiger partial charge in [-0.25, -0.2) is 5.12 Å². The molecule has 2 fully saturated rings. The van der Waals surface area contributed by atoms with E-state index >= 15 is 0 Å². The van der Waals surface area contributed by atoms with Crippen molar-refractivity contribution >= 4 is 11.9 Å². The van der Waals surface area contributed by atoms with Gasteiger partial charge in [-0.05, 0) is 0 Å². The van der Waals surface area contributed by atoms with Gasteiger partial charge in [0.05, 0.1) is 17.1 Å². The highest BCUT2D eigenvalue weighted by Crippen LogP contribution is 2.27. The lowest BCUT2D eigenvalue weighted by Crippen LogP contribution is -2.49. The van der Waals surface area contributed by atoms with Crippen molar-refractivity contribution in [2.45, 2.75) is 0 Å². The summed E-state index contributed by atoms with van der Waals surface area (Å²) in [5.41, 5.74) is 6.03. The van der Waals surface area contributed by atoms with Crippen LogP contribution < -0.4 is 15.7 Å². The van der Waals surface area contributed by atoms with Gasteiger partial charge in [0.1, 0.15) is 0 Å². The number of nitrogens with zero attached hydrogens (tertiary/aromatic N) is 2. The molecule has 5 nitrogen and oxygen atoms in total. The van der Waals surface area contributed by atoms with E-state index in [1.165, 1.54) is 11.4 Å². The molecule has 3 aliphatic rings. The van der Waals surface area contributed by atoms with Crippen LogP contribution in [0.5, 0.6) is 0 Å². The van der Waals surface area contributed by atoms with Crippen LogP contribution in [0.1, 0.15) is 0 Å². The summed E-state index contributed by atoms with van der Waals surface area (Å²) >= 11 is 1.72. The molecule has 0 unspecified atom stereocenters. The lowest BCUT2D eigenvalue weighted by atomic mass is 10.3. The molecule has 66 valence electrons. The highest BCUT2D eigenvalue weighted by molar-refractivity contribution is 7.97. The molecule has 6 heteroatoms. The monoisotopic (exact) mass is 185 g/mol. The molecule has 0 bridgehead atoms. The Balaban J connectivity index is 1.94. The largest absolute Gasteiger partial charge is 0.309 e. The number of fused-ring (bicyclic) bond motifs is 2. The highest BCUT2D eigenvalue weighted by Gasteiger charge is 2.33. The van der Waals surface area contributed by atoms with Crippen molar-refractivity contribution in [1.82, 2.24) is 25.8 Å². The smallest absolute Gasteiger partial charge is 0.0836 e. The van der Waals surface area contributed by atoms with Gasteiger partial charge >= 0.3 is 0 Å². The third-order valence-corrected chi connectivity index (χ3v) is 3.05. The van der Waals surface area contributed by atoms with Gasteiger partial charge in [0.2, 0.25) is 0 Å². The molecule has 3 N–H and O–H groups in total. The molecule has 12 heavy (non-hydrogen) atoms. The standard InChI is InChI=1S/C6H11N5S/c1-2-10-5(3-7-1)6-4-12-9-11(6)8-10/h7-9H,1-4H2. The summed E-state index contributed by atoms with van der Waals surface area (Å²) in [6.45, 7) is 3.09. The second-order valence-electron chi connectivity index (χ2n) is 3.04. The molecule has 3 aliphatic heterocycles. The molecule has 3 rings (SSSR count).